The molecule has 1 fully saturated rings. The summed E-state index contributed by atoms with van der Waals surface area (Å²) < 4.78 is 1.24. The number of nitrogens with one attached hydrogen (secondary N) is 2. The number of hydrogen-bond acceptors (Lipinski definition) is 3. The van der Waals surface area contributed by atoms with Crippen LogP contribution in [0.1, 0.15) is 31.2 Å². The van der Waals surface area contributed by atoms with Crippen LogP contribution in [0.25, 0.3) is 10.1 Å². The molecule has 0 radical (unpaired) electrons. The fraction of sp³-hybridized carbons (Fsp3) is 0.412. The maximum Gasteiger partial charge on any atom is 0.223 e. The Morgan fingerprint density at radius 2 is 2.00 bits per heavy atom. The van der Waals surface area contributed by atoms with E-state index in [0.717, 1.165) is 18.4 Å². The van der Waals surface area contributed by atoms with Crippen molar-refractivity contribution in [3.8, 4) is 0 Å². The lowest BCUT2D eigenvalue weighted by atomic mass is 10.2. The van der Waals surface area contributed by atoms with Crippen molar-refractivity contribution in [2.24, 2.45) is 5.92 Å². The number of carbonyl (C=O) groups excluding carboxylic acids is 2. The number of hydrogen-bond donors (Lipinski definition) is 2. The Morgan fingerprint density at radius 1 is 1.18 bits per heavy atom. The van der Waals surface area contributed by atoms with E-state index < -0.39 is 0 Å². The van der Waals surface area contributed by atoms with E-state index in [1.165, 1.54) is 10.1 Å². The first-order valence-electron chi connectivity index (χ1n) is 7.73. The second-order valence-corrected chi connectivity index (χ2v) is 6.61. The predicted octanol–water partition coefficient (Wildman–Crippen LogP) is 2.82. The van der Waals surface area contributed by atoms with E-state index in [4.69, 9.17) is 0 Å². The SMILES string of the molecule is O=C(CCCNC(=O)C1CC1)NCc1csc2ccccc12. The number of benzene rings is 1. The largest absolute Gasteiger partial charge is 0.356 e. The van der Waals surface area contributed by atoms with Gasteiger partial charge in [-0.2, -0.15) is 0 Å². The predicted molar refractivity (Wildman–Crippen MR) is 88.6 cm³/mol. The molecule has 0 saturated heterocycles. The van der Waals surface area contributed by atoms with Crippen LogP contribution in [-0.2, 0) is 16.1 Å². The van der Waals surface area contributed by atoms with Crippen LogP contribution in [0.3, 0.4) is 0 Å². The zero-order valence-electron chi connectivity index (χ0n) is 12.4. The molecular weight excluding hydrogens is 296 g/mol. The van der Waals surface area contributed by atoms with Gasteiger partial charge in [-0.3, -0.25) is 9.59 Å². The van der Waals surface area contributed by atoms with Gasteiger partial charge in [-0.1, -0.05) is 18.2 Å². The summed E-state index contributed by atoms with van der Waals surface area (Å²) in [5.74, 6) is 0.418. The van der Waals surface area contributed by atoms with E-state index >= 15 is 0 Å². The average Bonchev–Trinajstić information content (AvgIpc) is 3.30. The Balaban J connectivity index is 1.37. The molecule has 4 nitrogen and oxygen atoms in total. The third-order valence-electron chi connectivity index (χ3n) is 3.87. The molecule has 116 valence electrons. The van der Waals surface area contributed by atoms with Crippen molar-refractivity contribution in [2.75, 3.05) is 6.54 Å². The second kappa shape index (κ2) is 6.92. The van der Waals surface area contributed by atoms with Crippen LogP contribution < -0.4 is 10.6 Å². The number of carbonyl (C=O) groups is 2. The maximum absolute atomic E-state index is 11.8. The summed E-state index contributed by atoms with van der Waals surface area (Å²) in [4.78, 5) is 23.3. The van der Waals surface area contributed by atoms with Crippen molar-refractivity contribution in [2.45, 2.75) is 32.2 Å². The van der Waals surface area contributed by atoms with Gasteiger partial charge in [0.25, 0.3) is 0 Å². The van der Waals surface area contributed by atoms with Crippen LogP contribution in [0.15, 0.2) is 29.6 Å². The van der Waals surface area contributed by atoms with Gasteiger partial charge in [0.15, 0.2) is 0 Å². The molecule has 22 heavy (non-hydrogen) atoms. The topological polar surface area (TPSA) is 58.2 Å². The van der Waals surface area contributed by atoms with E-state index in [1.807, 2.05) is 12.1 Å². The molecule has 3 rings (SSSR count). The van der Waals surface area contributed by atoms with Gasteiger partial charge in [-0.05, 0) is 41.7 Å². The summed E-state index contributed by atoms with van der Waals surface area (Å²) in [6, 6.07) is 8.22. The molecule has 0 unspecified atom stereocenters. The van der Waals surface area contributed by atoms with E-state index in [2.05, 4.69) is 28.1 Å². The molecule has 1 aromatic carbocycles. The first-order chi connectivity index (χ1) is 10.7. The highest BCUT2D eigenvalue weighted by atomic mass is 32.1. The lowest BCUT2D eigenvalue weighted by Crippen LogP contribution is -2.28. The maximum atomic E-state index is 11.8. The molecule has 2 amide bonds. The highest BCUT2D eigenvalue weighted by Crippen LogP contribution is 2.28. The van der Waals surface area contributed by atoms with Crippen molar-refractivity contribution in [3.05, 3.63) is 35.2 Å². The Labute approximate surface area is 133 Å². The molecule has 2 aromatic rings. The van der Waals surface area contributed by atoms with Crippen LogP contribution in [0.5, 0.6) is 0 Å². The minimum absolute atomic E-state index is 0.0379. The normalized spacial score (nSPS) is 14.0. The number of fused-ring (bicyclic) bond motifs is 1. The third-order valence-corrected chi connectivity index (χ3v) is 4.88. The lowest BCUT2D eigenvalue weighted by Gasteiger charge is -2.06. The molecule has 1 heterocycles. The fourth-order valence-electron chi connectivity index (χ4n) is 2.40. The van der Waals surface area contributed by atoms with Gasteiger partial charge in [0.2, 0.25) is 11.8 Å². The van der Waals surface area contributed by atoms with Crippen molar-refractivity contribution in [1.29, 1.82) is 0 Å². The molecule has 0 aliphatic heterocycles. The first kappa shape index (κ1) is 15.0. The second-order valence-electron chi connectivity index (χ2n) is 5.70. The lowest BCUT2D eigenvalue weighted by molar-refractivity contribution is -0.123. The van der Waals surface area contributed by atoms with Gasteiger partial charge in [0.05, 0.1) is 0 Å². The Bertz CT molecular complexity index is 676. The van der Waals surface area contributed by atoms with Crippen molar-refractivity contribution in [1.82, 2.24) is 10.6 Å². The standard InChI is InChI=1S/C17H20N2O2S/c20-16(6-3-9-18-17(21)12-7-8-12)19-10-13-11-22-15-5-2-1-4-14(13)15/h1-2,4-5,11-12H,3,6-10H2,(H,18,21)(H,19,20). The van der Waals surface area contributed by atoms with Gasteiger partial charge in [0.1, 0.15) is 0 Å². The monoisotopic (exact) mass is 316 g/mol. The van der Waals surface area contributed by atoms with Crippen LogP contribution in [0, 0.1) is 5.92 Å². The summed E-state index contributed by atoms with van der Waals surface area (Å²) in [5.41, 5.74) is 1.16. The number of rotatable bonds is 7. The van der Waals surface area contributed by atoms with Crippen molar-refractivity contribution >= 4 is 33.2 Å². The van der Waals surface area contributed by atoms with Gasteiger partial charge in [0, 0.05) is 30.1 Å². The molecule has 0 bridgehead atoms. The van der Waals surface area contributed by atoms with Crippen LogP contribution in [0.4, 0.5) is 0 Å². The molecule has 1 saturated carbocycles. The summed E-state index contributed by atoms with van der Waals surface area (Å²) >= 11 is 1.70. The number of thiophene rings is 1. The fourth-order valence-corrected chi connectivity index (χ4v) is 3.37. The van der Waals surface area contributed by atoms with Crippen LogP contribution in [-0.4, -0.2) is 18.4 Å². The summed E-state index contributed by atoms with van der Waals surface area (Å²) in [7, 11) is 0. The molecule has 1 aliphatic rings. The third kappa shape index (κ3) is 3.85. The van der Waals surface area contributed by atoms with Gasteiger partial charge < -0.3 is 10.6 Å². The Hall–Kier alpha value is -1.88. The van der Waals surface area contributed by atoms with Gasteiger partial charge in [-0.25, -0.2) is 0 Å². The molecule has 1 aliphatic carbocycles. The molecule has 0 atom stereocenters. The average molecular weight is 316 g/mol. The minimum Gasteiger partial charge on any atom is -0.356 e. The Kier molecular flexibility index (Phi) is 4.73. The zero-order valence-corrected chi connectivity index (χ0v) is 13.2. The van der Waals surface area contributed by atoms with Gasteiger partial charge >= 0.3 is 0 Å². The number of amides is 2. The minimum atomic E-state index is 0.0379. The summed E-state index contributed by atoms with van der Waals surface area (Å²) in [5, 5.41) is 9.14. The summed E-state index contributed by atoms with van der Waals surface area (Å²) in [6.45, 7) is 1.15. The van der Waals surface area contributed by atoms with E-state index in [1.54, 1.807) is 11.3 Å². The smallest absolute Gasteiger partial charge is 0.223 e. The Morgan fingerprint density at radius 3 is 2.82 bits per heavy atom. The van der Waals surface area contributed by atoms with Crippen molar-refractivity contribution < 1.29 is 9.59 Å². The quantitative estimate of drug-likeness (QED) is 0.772. The van der Waals surface area contributed by atoms with E-state index in [-0.39, 0.29) is 17.7 Å². The molecule has 2 N–H and O–H groups in total. The molecule has 0 spiro atoms. The van der Waals surface area contributed by atoms with Crippen molar-refractivity contribution in [3.63, 3.8) is 0 Å². The molecule has 1 aromatic heterocycles. The highest BCUT2D eigenvalue weighted by Gasteiger charge is 2.28. The van der Waals surface area contributed by atoms with Crippen LogP contribution in [0.2, 0.25) is 0 Å². The van der Waals surface area contributed by atoms with Gasteiger partial charge in [-0.15, -0.1) is 11.3 Å². The van der Waals surface area contributed by atoms with E-state index in [0.29, 0.717) is 25.9 Å². The molecular formula is C17H20N2O2S. The first-order valence-corrected chi connectivity index (χ1v) is 8.61. The summed E-state index contributed by atoms with van der Waals surface area (Å²) in [6.07, 6.45) is 3.17. The highest BCUT2D eigenvalue weighted by molar-refractivity contribution is 7.17. The van der Waals surface area contributed by atoms with Crippen LogP contribution >= 0.6 is 11.3 Å². The molecule has 5 heteroatoms. The van der Waals surface area contributed by atoms with E-state index in [9.17, 15) is 9.59 Å². The zero-order chi connectivity index (χ0) is 15.4.